The van der Waals surface area contributed by atoms with Crippen molar-refractivity contribution >= 4 is 0 Å². The Morgan fingerprint density at radius 1 is 0.607 bits per heavy atom. The Balaban J connectivity index is 1.46. The largest absolute Gasteiger partial charge is 0.494 e. The molecule has 0 bridgehead atoms. The normalized spacial score (nSPS) is 11.1. The highest BCUT2D eigenvalue weighted by molar-refractivity contribution is 5.64. The Morgan fingerprint density at radius 3 is 1.82 bits per heavy atom. The first kappa shape index (κ1) is 22.5. The van der Waals surface area contributed by atoms with Crippen LogP contribution in [0.25, 0.3) is 11.1 Å². The highest BCUT2D eigenvalue weighted by atomic mass is 16.5. The summed E-state index contributed by atoms with van der Waals surface area (Å²) in [7, 11) is 4.32. The average molecular weight is 382 g/mol. The van der Waals surface area contributed by atoms with Crippen LogP contribution in [0.2, 0.25) is 0 Å². The van der Waals surface area contributed by atoms with Crippen LogP contribution in [0.1, 0.15) is 64.2 Å². The molecular weight excluding hydrogens is 342 g/mol. The lowest BCUT2D eigenvalue weighted by molar-refractivity contribution is 0.304. The third kappa shape index (κ3) is 9.94. The molecule has 0 unspecified atom stereocenters. The Hall–Kier alpha value is -1.80. The summed E-state index contributed by atoms with van der Waals surface area (Å²) < 4.78 is 5.96. The molecule has 2 rings (SSSR count). The van der Waals surface area contributed by atoms with Crippen molar-refractivity contribution in [1.82, 2.24) is 4.90 Å². The summed E-state index contributed by atoms with van der Waals surface area (Å²) in [5, 5.41) is 0. The predicted octanol–water partition coefficient (Wildman–Crippen LogP) is 7.20. The van der Waals surface area contributed by atoms with Gasteiger partial charge >= 0.3 is 0 Å². The third-order valence-corrected chi connectivity index (χ3v) is 5.21. The molecule has 0 saturated heterocycles. The van der Waals surface area contributed by atoms with E-state index >= 15 is 0 Å². The molecule has 0 fully saturated rings. The van der Waals surface area contributed by atoms with Gasteiger partial charge in [-0.1, -0.05) is 93.8 Å². The van der Waals surface area contributed by atoms with Crippen LogP contribution in [0.5, 0.6) is 5.75 Å². The van der Waals surface area contributed by atoms with Gasteiger partial charge in [0.25, 0.3) is 0 Å². The second kappa shape index (κ2) is 14.2. The highest BCUT2D eigenvalue weighted by Crippen LogP contribution is 2.23. The molecule has 0 aliphatic heterocycles. The van der Waals surface area contributed by atoms with Crippen LogP contribution < -0.4 is 4.74 Å². The molecule has 0 aromatic heterocycles. The van der Waals surface area contributed by atoms with Crippen LogP contribution in [0, 0.1) is 0 Å². The Morgan fingerprint density at radius 2 is 1.18 bits per heavy atom. The smallest absolute Gasteiger partial charge is 0.119 e. The molecule has 0 aliphatic carbocycles. The van der Waals surface area contributed by atoms with Gasteiger partial charge in [-0.2, -0.15) is 0 Å². The number of ether oxygens (including phenoxy) is 1. The lowest BCUT2D eigenvalue weighted by Crippen LogP contribution is -2.12. The van der Waals surface area contributed by atoms with Crippen LogP contribution in [-0.2, 0) is 0 Å². The molecule has 154 valence electrons. The number of hydrogen-bond acceptors (Lipinski definition) is 2. The van der Waals surface area contributed by atoms with E-state index in [1.807, 2.05) is 0 Å². The van der Waals surface area contributed by atoms with Crippen molar-refractivity contribution in [3.63, 3.8) is 0 Å². The van der Waals surface area contributed by atoms with E-state index in [-0.39, 0.29) is 0 Å². The van der Waals surface area contributed by atoms with Crippen molar-refractivity contribution in [2.24, 2.45) is 0 Å². The summed E-state index contributed by atoms with van der Waals surface area (Å²) in [5.41, 5.74) is 2.46. The lowest BCUT2D eigenvalue weighted by atomic mass is 10.1. The van der Waals surface area contributed by atoms with Gasteiger partial charge in [0.1, 0.15) is 5.75 Å². The van der Waals surface area contributed by atoms with E-state index in [0.29, 0.717) is 0 Å². The SMILES string of the molecule is CN(C)CCCCCCCCCCCCOc1cccc(-c2ccccc2)c1. The zero-order valence-corrected chi connectivity index (χ0v) is 18.0. The minimum Gasteiger partial charge on any atom is -0.494 e. The molecule has 0 saturated carbocycles. The maximum Gasteiger partial charge on any atom is 0.119 e. The molecule has 2 aromatic rings. The molecule has 0 spiro atoms. The summed E-state index contributed by atoms with van der Waals surface area (Å²) in [6.07, 6.45) is 13.5. The minimum atomic E-state index is 0.824. The van der Waals surface area contributed by atoms with E-state index in [1.165, 1.54) is 75.5 Å². The number of rotatable bonds is 15. The summed E-state index contributed by atoms with van der Waals surface area (Å²) in [6.45, 7) is 2.06. The summed E-state index contributed by atoms with van der Waals surface area (Å²) in [4.78, 5) is 2.28. The van der Waals surface area contributed by atoms with Crippen LogP contribution in [0.4, 0.5) is 0 Å². The van der Waals surface area contributed by atoms with E-state index in [0.717, 1.165) is 18.8 Å². The summed E-state index contributed by atoms with van der Waals surface area (Å²) in [6, 6.07) is 18.9. The van der Waals surface area contributed by atoms with E-state index in [2.05, 4.69) is 73.6 Å². The fourth-order valence-corrected chi connectivity index (χ4v) is 3.53. The maximum atomic E-state index is 5.96. The summed E-state index contributed by atoms with van der Waals surface area (Å²) in [5.74, 6) is 0.982. The fraction of sp³-hybridized carbons (Fsp3) is 0.538. The van der Waals surface area contributed by atoms with Crippen molar-refractivity contribution in [2.75, 3.05) is 27.2 Å². The zero-order chi connectivity index (χ0) is 19.9. The van der Waals surface area contributed by atoms with Gasteiger partial charge in [-0.3, -0.25) is 0 Å². The Labute approximate surface area is 172 Å². The Bertz CT molecular complexity index is 623. The zero-order valence-electron chi connectivity index (χ0n) is 18.0. The van der Waals surface area contributed by atoms with Crippen molar-refractivity contribution in [3.8, 4) is 16.9 Å². The van der Waals surface area contributed by atoms with Gasteiger partial charge in [0, 0.05) is 0 Å². The van der Waals surface area contributed by atoms with E-state index in [9.17, 15) is 0 Å². The van der Waals surface area contributed by atoms with Crippen LogP contribution in [-0.4, -0.2) is 32.1 Å². The molecular formula is C26H39NO. The highest BCUT2D eigenvalue weighted by Gasteiger charge is 2.00. The van der Waals surface area contributed by atoms with Crippen LogP contribution in [0.3, 0.4) is 0 Å². The fourth-order valence-electron chi connectivity index (χ4n) is 3.53. The second-order valence-corrected chi connectivity index (χ2v) is 8.08. The average Bonchev–Trinajstić information content (AvgIpc) is 2.72. The number of benzene rings is 2. The van der Waals surface area contributed by atoms with Gasteiger partial charge in [-0.05, 0) is 56.7 Å². The van der Waals surface area contributed by atoms with Crippen LogP contribution in [0.15, 0.2) is 54.6 Å². The number of unbranched alkanes of at least 4 members (excludes halogenated alkanes) is 9. The van der Waals surface area contributed by atoms with Crippen LogP contribution >= 0.6 is 0 Å². The first-order valence-corrected chi connectivity index (χ1v) is 11.2. The lowest BCUT2D eigenvalue weighted by Gasteiger charge is -2.09. The van der Waals surface area contributed by atoms with E-state index in [4.69, 9.17) is 4.74 Å². The van der Waals surface area contributed by atoms with Crippen molar-refractivity contribution in [3.05, 3.63) is 54.6 Å². The molecule has 0 radical (unpaired) electrons. The van der Waals surface area contributed by atoms with Gasteiger partial charge < -0.3 is 9.64 Å². The van der Waals surface area contributed by atoms with E-state index < -0.39 is 0 Å². The molecule has 0 atom stereocenters. The third-order valence-electron chi connectivity index (χ3n) is 5.21. The van der Waals surface area contributed by atoms with Crippen molar-refractivity contribution in [2.45, 2.75) is 64.2 Å². The maximum absolute atomic E-state index is 5.96. The summed E-state index contributed by atoms with van der Waals surface area (Å²) >= 11 is 0. The molecule has 0 N–H and O–H groups in total. The first-order chi connectivity index (χ1) is 13.8. The molecule has 0 heterocycles. The second-order valence-electron chi connectivity index (χ2n) is 8.08. The molecule has 0 amide bonds. The molecule has 2 nitrogen and oxygen atoms in total. The van der Waals surface area contributed by atoms with Gasteiger partial charge in [0.15, 0.2) is 0 Å². The monoisotopic (exact) mass is 381 g/mol. The predicted molar refractivity (Wildman–Crippen MR) is 122 cm³/mol. The van der Waals surface area contributed by atoms with Gasteiger partial charge in [-0.25, -0.2) is 0 Å². The Kier molecular flexibility index (Phi) is 11.4. The van der Waals surface area contributed by atoms with Crippen molar-refractivity contribution < 1.29 is 4.74 Å². The molecule has 2 aromatic carbocycles. The first-order valence-electron chi connectivity index (χ1n) is 11.2. The van der Waals surface area contributed by atoms with Gasteiger partial charge in [-0.15, -0.1) is 0 Å². The number of hydrogen-bond donors (Lipinski definition) is 0. The molecule has 28 heavy (non-hydrogen) atoms. The standard InChI is InChI=1S/C26H39NO/c1-27(2)21-14-9-7-5-3-4-6-8-10-15-22-28-26-20-16-19-25(23-26)24-17-12-11-13-18-24/h11-13,16-20,23H,3-10,14-15,21-22H2,1-2H3. The minimum absolute atomic E-state index is 0.824. The van der Waals surface area contributed by atoms with Gasteiger partial charge in [0.2, 0.25) is 0 Å². The van der Waals surface area contributed by atoms with Gasteiger partial charge in [0.05, 0.1) is 6.61 Å². The van der Waals surface area contributed by atoms with Crippen molar-refractivity contribution in [1.29, 1.82) is 0 Å². The quantitative estimate of drug-likeness (QED) is 0.303. The number of nitrogens with zero attached hydrogens (tertiary/aromatic N) is 1. The molecule has 2 heteroatoms. The van der Waals surface area contributed by atoms with E-state index in [1.54, 1.807) is 0 Å². The topological polar surface area (TPSA) is 12.5 Å². The molecule has 0 aliphatic rings.